The van der Waals surface area contributed by atoms with Crippen LogP contribution in [0.25, 0.3) is 6.08 Å². The van der Waals surface area contributed by atoms with Gasteiger partial charge in [0.15, 0.2) is 5.82 Å². The predicted octanol–water partition coefficient (Wildman–Crippen LogP) is 6.23. The van der Waals surface area contributed by atoms with Crippen molar-refractivity contribution in [3.05, 3.63) is 118 Å². The van der Waals surface area contributed by atoms with Gasteiger partial charge >= 0.3 is 0 Å². The lowest BCUT2D eigenvalue weighted by Crippen LogP contribution is -2.33. The molecular weight excluding hydrogens is 504 g/mol. The Kier molecular flexibility index (Phi) is 5.94. The fraction of sp³-hybridized carbons (Fsp3) is 0.233. The molecule has 1 saturated carbocycles. The zero-order valence-electron chi connectivity index (χ0n) is 20.9. The zero-order chi connectivity index (χ0) is 26.5. The van der Waals surface area contributed by atoms with Crippen molar-refractivity contribution in [2.45, 2.75) is 49.0 Å². The topological polar surface area (TPSA) is 64.0 Å². The Labute approximate surface area is 220 Å². The van der Waals surface area contributed by atoms with Gasteiger partial charge in [0.1, 0.15) is 11.6 Å². The third-order valence-corrected chi connectivity index (χ3v) is 9.31. The predicted molar refractivity (Wildman–Crippen MR) is 144 cm³/mol. The van der Waals surface area contributed by atoms with Crippen molar-refractivity contribution in [2.75, 3.05) is 5.32 Å². The number of rotatable bonds is 6. The highest BCUT2D eigenvalue weighted by atomic mass is 32.2. The number of benzene rings is 3. The molecule has 2 aliphatic rings. The maximum Gasteiger partial charge on any atom is 0.283 e. The first-order valence-corrected chi connectivity index (χ1v) is 14.1. The third-order valence-electron chi connectivity index (χ3n) is 7.68. The lowest BCUT2D eigenvalue weighted by atomic mass is 9.68. The van der Waals surface area contributed by atoms with Crippen molar-refractivity contribution in [1.29, 1.82) is 0 Å². The van der Waals surface area contributed by atoms with Crippen LogP contribution in [0, 0.1) is 18.6 Å². The number of anilines is 1. The summed E-state index contributed by atoms with van der Waals surface area (Å²) in [6, 6.07) is 19.2. The van der Waals surface area contributed by atoms with Gasteiger partial charge in [0, 0.05) is 23.4 Å². The molecule has 3 aromatic carbocycles. The van der Waals surface area contributed by atoms with E-state index in [0.29, 0.717) is 17.1 Å². The van der Waals surface area contributed by atoms with E-state index in [4.69, 9.17) is 0 Å². The third kappa shape index (κ3) is 4.13. The molecule has 1 aromatic heterocycles. The van der Waals surface area contributed by atoms with E-state index in [1.165, 1.54) is 24.3 Å². The van der Waals surface area contributed by atoms with E-state index < -0.39 is 15.4 Å². The molecule has 1 heterocycles. The highest BCUT2D eigenvalue weighted by Gasteiger charge is 2.40. The summed E-state index contributed by atoms with van der Waals surface area (Å²) in [6.45, 7) is 1.90. The molecule has 0 unspecified atom stereocenters. The number of fused-ring (bicyclic) bond motifs is 1. The summed E-state index contributed by atoms with van der Waals surface area (Å²) in [4.78, 5) is 0.146. The van der Waals surface area contributed by atoms with E-state index in [1.807, 2.05) is 19.1 Å². The van der Waals surface area contributed by atoms with Crippen LogP contribution in [0.5, 0.6) is 0 Å². The lowest BCUT2D eigenvalue weighted by molar-refractivity contribution is 0.444. The first-order valence-electron chi connectivity index (χ1n) is 12.7. The van der Waals surface area contributed by atoms with Crippen LogP contribution < -0.4 is 5.32 Å². The van der Waals surface area contributed by atoms with E-state index in [1.54, 1.807) is 48.5 Å². The molecule has 8 heteroatoms. The molecule has 4 aromatic rings. The molecule has 0 amide bonds. The van der Waals surface area contributed by atoms with E-state index in [2.05, 4.69) is 10.4 Å². The number of halogens is 2. The van der Waals surface area contributed by atoms with Crippen LogP contribution >= 0.6 is 0 Å². The van der Waals surface area contributed by atoms with Crippen molar-refractivity contribution < 1.29 is 17.2 Å². The monoisotopic (exact) mass is 531 g/mol. The largest absolute Gasteiger partial charge is 0.365 e. The molecule has 5 nitrogen and oxygen atoms in total. The Morgan fingerprint density at radius 2 is 1.47 bits per heavy atom. The molecule has 6 rings (SSSR count). The van der Waals surface area contributed by atoms with Gasteiger partial charge in [-0.15, -0.1) is 5.10 Å². The van der Waals surface area contributed by atoms with Gasteiger partial charge in [-0.2, -0.15) is 12.5 Å². The number of hydrogen-bond donors (Lipinski definition) is 1. The molecule has 0 atom stereocenters. The van der Waals surface area contributed by atoms with Gasteiger partial charge in [-0.1, -0.05) is 54.1 Å². The van der Waals surface area contributed by atoms with E-state index in [-0.39, 0.29) is 29.0 Å². The molecule has 194 valence electrons. The molecule has 0 spiro atoms. The fourth-order valence-corrected chi connectivity index (χ4v) is 6.57. The quantitative estimate of drug-likeness (QED) is 0.321. The number of aromatic nitrogens is 2. The van der Waals surface area contributed by atoms with E-state index in [9.17, 15) is 17.2 Å². The normalized spacial score (nSPS) is 16.6. The molecular formula is C30H27F2N3O2S. The van der Waals surface area contributed by atoms with Crippen LogP contribution in [0.15, 0.2) is 83.8 Å². The minimum atomic E-state index is -4.02. The molecule has 0 saturated heterocycles. The summed E-state index contributed by atoms with van der Waals surface area (Å²) >= 11 is 0. The number of nitrogens with one attached hydrogen (secondary N) is 1. The van der Waals surface area contributed by atoms with Crippen LogP contribution in [0.3, 0.4) is 0 Å². The first-order chi connectivity index (χ1) is 18.3. The average Bonchev–Trinajstić information content (AvgIpc) is 3.25. The minimum Gasteiger partial charge on any atom is -0.365 e. The van der Waals surface area contributed by atoms with Crippen LogP contribution in [-0.2, 0) is 21.9 Å². The van der Waals surface area contributed by atoms with Crippen molar-refractivity contribution in [3.63, 3.8) is 0 Å². The van der Waals surface area contributed by atoms with Crippen molar-refractivity contribution in [1.82, 2.24) is 9.19 Å². The second-order valence-electron chi connectivity index (χ2n) is 10.1. The highest BCUT2D eigenvalue weighted by Crippen LogP contribution is 2.44. The van der Waals surface area contributed by atoms with Gasteiger partial charge in [-0.3, -0.25) is 0 Å². The van der Waals surface area contributed by atoms with Crippen molar-refractivity contribution in [3.8, 4) is 0 Å². The first kappa shape index (κ1) is 24.6. The van der Waals surface area contributed by atoms with Gasteiger partial charge < -0.3 is 5.32 Å². The van der Waals surface area contributed by atoms with Gasteiger partial charge in [-0.25, -0.2) is 8.78 Å². The maximum atomic E-state index is 13.9. The molecule has 38 heavy (non-hydrogen) atoms. The number of aryl methyl sites for hydroxylation is 1. The summed E-state index contributed by atoms with van der Waals surface area (Å²) in [6.07, 6.45) is 7.25. The molecule has 0 bridgehead atoms. The number of hydrogen-bond acceptors (Lipinski definition) is 4. The molecule has 0 radical (unpaired) electrons. The SMILES string of the molecule is Cc1ccc(S(=O)(=O)n2nc(NC3CCC3)c3c2CC(c2ccc(F)cc2)(c2ccc(F)cc2)C=C3)cc1. The Balaban J connectivity index is 1.55. The Morgan fingerprint density at radius 3 is 2.00 bits per heavy atom. The van der Waals surface area contributed by atoms with E-state index >= 15 is 0 Å². The standard InChI is InChI=1S/C30H27F2N3O2S/c1-20-5-15-26(16-6-20)38(36,37)35-28-19-30(21-7-11-23(31)12-8-21,22-9-13-24(32)14-10-22)18-17-27(28)29(34-35)33-25-3-2-4-25/h5-18,25H,2-4,19H2,1H3,(H,33,34). The second kappa shape index (κ2) is 9.20. The fourth-order valence-electron chi connectivity index (χ4n) is 5.25. The molecule has 1 N–H and O–H groups in total. The summed E-state index contributed by atoms with van der Waals surface area (Å²) in [5.74, 6) is -0.214. The second-order valence-corrected chi connectivity index (χ2v) is 11.9. The van der Waals surface area contributed by atoms with Crippen LogP contribution in [0.1, 0.15) is 47.2 Å². The van der Waals surface area contributed by atoms with Gasteiger partial charge in [0.25, 0.3) is 10.0 Å². The van der Waals surface area contributed by atoms with Gasteiger partial charge in [0.05, 0.1) is 10.6 Å². The zero-order valence-corrected chi connectivity index (χ0v) is 21.7. The number of allylic oxidation sites excluding steroid dienone is 1. The van der Waals surface area contributed by atoms with E-state index in [0.717, 1.165) is 40.0 Å². The van der Waals surface area contributed by atoms with Crippen molar-refractivity contribution in [2.24, 2.45) is 0 Å². The van der Waals surface area contributed by atoms with Crippen LogP contribution in [-0.4, -0.2) is 23.6 Å². The highest BCUT2D eigenvalue weighted by molar-refractivity contribution is 7.89. The Hall–Kier alpha value is -3.78. The average molecular weight is 532 g/mol. The Bertz CT molecular complexity index is 1580. The summed E-state index contributed by atoms with van der Waals surface area (Å²) < 4.78 is 56.8. The van der Waals surface area contributed by atoms with Crippen LogP contribution in [0.2, 0.25) is 0 Å². The summed E-state index contributed by atoms with van der Waals surface area (Å²) in [5.41, 5.74) is 2.86. The molecule has 1 fully saturated rings. The van der Waals surface area contributed by atoms with Gasteiger partial charge in [-0.05, 0) is 73.7 Å². The summed E-state index contributed by atoms with van der Waals surface area (Å²) in [5, 5.41) is 8.05. The molecule has 0 aliphatic heterocycles. The lowest BCUT2D eigenvalue weighted by Gasteiger charge is -2.35. The smallest absolute Gasteiger partial charge is 0.283 e. The minimum absolute atomic E-state index is 0.146. The van der Waals surface area contributed by atoms with Crippen molar-refractivity contribution >= 4 is 21.9 Å². The van der Waals surface area contributed by atoms with Gasteiger partial charge in [0.2, 0.25) is 0 Å². The summed E-state index contributed by atoms with van der Waals surface area (Å²) in [7, 11) is -4.02. The van der Waals surface area contributed by atoms with Crippen LogP contribution in [0.4, 0.5) is 14.6 Å². The number of nitrogens with zero attached hydrogens (tertiary/aromatic N) is 2. The Morgan fingerprint density at radius 1 is 0.895 bits per heavy atom. The maximum absolute atomic E-state index is 13.9. The molecule has 2 aliphatic carbocycles.